The number of alkyl halides is 3. The molecule has 2 N–H and O–H groups in total. The maximum absolute atomic E-state index is 13.1. The van der Waals surface area contributed by atoms with Gasteiger partial charge in [0.05, 0.1) is 18.4 Å². The van der Waals surface area contributed by atoms with Gasteiger partial charge in [-0.2, -0.15) is 13.2 Å². The van der Waals surface area contributed by atoms with Crippen LogP contribution in [0.4, 0.5) is 23.2 Å². The maximum atomic E-state index is 13.1. The van der Waals surface area contributed by atoms with Crippen molar-refractivity contribution in [3.8, 4) is 0 Å². The van der Waals surface area contributed by atoms with Crippen LogP contribution in [0.3, 0.4) is 0 Å². The van der Waals surface area contributed by atoms with Gasteiger partial charge in [-0.25, -0.2) is 9.18 Å². The highest BCUT2D eigenvalue weighted by molar-refractivity contribution is 5.87. The van der Waals surface area contributed by atoms with Crippen LogP contribution in [0.2, 0.25) is 0 Å². The van der Waals surface area contributed by atoms with Crippen LogP contribution in [0.15, 0.2) is 18.2 Å². The summed E-state index contributed by atoms with van der Waals surface area (Å²) in [6.07, 6.45) is -3.12. The number of halogens is 4. The summed E-state index contributed by atoms with van der Waals surface area (Å²) in [6, 6.07) is 1.09. The molecule has 0 aliphatic carbocycles. The van der Waals surface area contributed by atoms with Crippen LogP contribution >= 0.6 is 0 Å². The molecule has 0 radical (unpaired) electrons. The van der Waals surface area contributed by atoms with Crippen molar-refractivity contribution in [2.45, 2.75) is 6.18 Å². The third kappa shape index (κ3) is 3.22. The summed E-state index contributed by atoms with van der Waals surface area (Å²) in [7, 11) is 1.07. The molecule has 1 rings (SSSR count). The first-order chi connectivity index (χ1) is 8.25. The van der Waals surface area contributed by atoms with Crippen LogP contribution in [0.1, 0.15) is 11.1 Å². The van der Waals surface area contributed by atoms with E-state index in [0.29, 0.717) is 12.1 Å². The van der Waals surface area contributed by atoms with E-state index in [0.717, 1.165) is 19.3 Å². The standard InChI is InChI=1S/C11H9F4NO2/c1-18-10(17)3-2-6-4-8(12)9(16)5-7(6)11(13,14)15/h2-5H,16H2,1H3. The summed E-state index contributed by atoms with van der Waals surface area (Å²) in [6.45, 7) is 0. The van der Waals surface area contributed by atoms with Crippen molar-refractivity contribution in [2.24, 2.45) is 0 Å². The quantitative estimate of drug-likeness (QED) is 0.386. The summed E-state index contributed by atoms with van der Waals surface area (Å²) in [5, 5.41) is 0. The Labute approximate surface area is 99.8 Å². The molecule has 0 aliphatic rings. The highest BCUT2D eigenvalue weighted by Crippen LogP contribution is 2.34. The molecule has 0 heterocycles. The second-order valence-corrected chi connectivity index (χ2v) is 3.32. The van der Waals surface area contributed by atoms with Crippen molar-refractivity contribution in [1.82, 2.24) is 0 Å². The van der Waals surface area contributed by atoms with Crippen LogP contribution in [0.5, 0.6) is 0 Å². The molecular weight excluding hydrogens is 254 g/mol. The smallest absolute Gasteiger partial charge is 0.417 e. The molecule has 0 spiro atoms. The number of nitrogen functional groups attached to an aromatic ring is 1. The predicted octanol–water partition coefficient (Wildman–Crippen LogP) is 2.61. The Morgan fingerprint density at radius 2 is 2.00 bits per heavy atom. The van der Waals surface area contributed by atoms with Gasteiger partial charge in [0.15, 0.2) is 0 Å². The van der Waals surface area contributed by atoms with Crippen molar-refractivity contribution in [1.29, 1.82) is 0 Å². The molecule has 0 aliphatic heterocycles. The molecule has 0 atom stereocenters. The molecule has 7 heteroatoms. The topological polar surface area (TPSA) is 52.3 Å². The summed E-state index contributed by atoms with van der Waals surface area (Å²) in [5.74, 6) is -1.84. The lowest BCUT2D eigenvalue weighted by Crippen LogP contribution is -2.09. The number of carbonyl (C=O) groups excluding carboxylic acids is 1. The number of nitrogens with two attached hydrogens (primary N) is 1. The van der Waals surface area contributed by atoms with E-state index in [1.54, 1.807) is 0 Å². The number of benzene rings is 1. The first kappa shape index (κ1) is 14.0. The van der Waals surface area contributed by atoms with E-state index < -0.39 is 34.8 Å². The highest BCUT2D eigenvalue weighted by atomic mass is 19.4. The van der Waals surface area contributed by atoms with E-state index in [1.807, 2.05) is 0 Å². The number of hydrogen-bond acceptors (Lipinski definition) is 3. The second-order valence-electron chi connectivity index (χ2n) is 3.32. The molecule has 98 valence electrons. The van der Waals surface area contributed by atoms with Gasteiger partial charge < -0.3 is 10.5 Å². The summed E-state index contributed by atoms with van der Waals surface area (Å²) >= 11 is 0. The van der Waals surface area contributed by atoms with Crippen molar-refractivity contribution in [3.05, 3.63) is 35.2 Å². The van der Waals surface area contributed by atoms with E-state index in [2.05, 4.69) is 4.74 Å². The molecule has 0 aromatic heterocycles. The summed E-state index contributed by atoms with van der Waals surface area (Å²) in [5.41, 5.74) is 2.84. The van der Waals surface area contributed by atoms with Crippen LogP contribution in [-0.4, -0.2) is 13.1 Å². The van der Waals surface area contributed by atoms with Crippen molar-refractivity contribution < 1.29 is 27.1 Å². The average molecular weight is 263 g/mol. The lowest BCUT2D eigenvalue weighted by molar-refractivity contribution is -0.138. The molecular formula is C11H9F4NO2. The van der Waals surface area contributed by atoms with Crippen molar-refractivity contribution >= 4 is 17.7 Å². The van der Waals surface area contributed by atoms with Gasteiger partial charge in [0.2, 0.25) is 0 Å². The lowest BCUT2D eigenvalue weighted by Gasteiger charge is -2.11. The van der Waals surface area contributed by atoms with E-state index in [-0.39, 0.29) is 0 Å². The van der Waals surface area contributed by atoms with Crippen LogP contribution in [-0.2, 0) is 15.7 Å². The van der Waals surface area contributed by atoms with Crippen LogP contribution < -0.4 is 5.73 Å². The number of methoxy groups -OCH3 is 1. The van der Waals surface area contributed by atoms with Gasteiger partial charge in [-0.05, 0) is 23.8 Å². The highest BCUT2D eigenvalue weighted by Gasteiger charge is 2.33. The molecule has 0 saturated heterocycles. The normalized spacial score (nSPS) is 11.8. The SMILES string of the molecule is COC(=O)C=Cc1cc(F)c(N)cc1C(F)(F)F. The maximum Gasteiger partial charge on any atom is 0.417 e. The first-order valence-corrected chi connectivity index (χ1v) is 4.68. The van der Waals surface area contributed by atoms with Gasteiger partial charge in [-0.3, -0.25) is 0 Å². The zero-order valence-corrected chi connectivity index (χ0v) is 9.22. The van der Waals surface area contributed by atoms with Crippen molar-refractivity contribution in [3.63, 3.8) is 0 Å². The number of esters is 1. The van der Waals surface area contributed by atoms with Gasteiger partial charge in [0.1, 0.15) is 5.82 Å². The minimum absolute atomic E-state index is 0.478. The zero-order valence-electron chi connectivity index (χ0n) is 9.22. The Bertz CT molecular complexity index is 495. The third-order valence-electron chi connectivity index (χ3n) is 2.07. The van der Waals surface area contributed by atoms with Gasteiger partial charge >= 0.3 is 12.1 Å². The number of rotatable bonds is 2. The van der Waals surface area contributed by atoms with Gasteiger partial charge in [0, 0.05) is 6.08 Å². The molecule has 0 saturated carbocycles. The van der Waals surface area contributed by atoms with Gasteiger partial charge in [-0.15, -0.1) is 0 Å². The Morgan fingerprint density at radius 3 is 2.50 bits per heavy atom. The molecule has 0 amide bonds. The zero-order chi connectivity index (χ0) is 13.9. The Morgan fingerprint density at radius 1 is 1.39 bits per heavy atom. The molecule has 3 nitrogen and oxygen atoms in total. The average Bonchev–Trinajstić information content (AvgIpc) is 2.28. The number of ether oxygens (including phenoxy) is 1. The van der Waals surface area contributed by atoms with E-state index in [4.69, 9.17) is 5.73 Å². The minimum Gasteiger partial charge on any atom is -0.466 e. The molecule has 0 fully saturated rings. The van der Waals surface area contributed by atoms with Crippen LogP contribution in [0.25, 0.3) is 6.08 Å². The van der Waals surface area contributed by atoms with Crippen molar-refractivity contribution in [2.75, 3.05) is 12.8 Å². The monoisotopic (exact) mass is 263 g/mol. The molecule has 18 heavy (non-hydrogen) atoms. The van der Waals surface area contributed by atoms with Gasteiger partial charge in [0.25, 0.3) is 0 Å². The fraction of sp³-hybridized carbons (Fsp3) is 0.182. The third-order valence-corrected chi connectivity index (χ3v) is 2.07. The summed E-state index contributed by atoms with van der Waals surface area (Å²) in [4.78, 5) is 10.8. The molecule has 1 aromatic carbocycles. The molecule has 0 bridgehead atoms. The van der Waals surface area contributed by atoms with Crippen LogP contribution in [0, 0.1) is 5.82 Å². The molecule has 0 unspecified atom stereocenters. The fourth-order valence-corrected chi connectivity index (χ4v) is 1.21. The van der Waals surface area contributed by atoms with Gasteiger partial charge in [-0.1, -0.05) is 0 Å². The largest absolute Gasteiger partial charge is 0.466 e. The Kier molecular flexibility index (Phi) is 3.95. The Hall–Kier alpha value is -2.05. The number of anilines is 1. The van der Waals surface area contributed by atoms with E-state index >= 15 is 0 Å². The Balaban J connectivity index is 3.29. The van der Waals surface area contributed by atoms with E-state index in [1.165, 1.54) is 0 Å². The molecule has 1 aromatic rings. The fourth-order valence-electron chi connectivity index (χ4n) is 1.21. The second kappa shape index (κ2) is 5.07. The number of hydrogen-bond donors (Lipinski definition) is 1. The predicted molar refractivity (Wildman–Crippen MR) is 56.9 cm³/mol. The lowest BCUT2D eigenvalue weighted by atomic mass is 10.1. The first-order valence-electron chi connectivity index (χ1n) is 4.68. The number of carbonyl (C=O) groups is 1. The van der Waals surface area contributed by atoms with E-state index in [9.17, 15) is 22.4 Å². The minimum atomic E-state index is -4.70. The summed E-state index contributed by atoms with van der Waals surface area (Å²) < 4.78 is 55.3.